The summed E-state index contributed by atoms with van der Waals surface area (Å²) in [7, 11) is 1.83. The van der Waals surface area contributed by atoms with E-state index >= 15 is 0 Å². The van der Waals surface area contributed by atoms with Gasteiger partial charge in [0.1, 0.15) is 5.76 Å². The van der Waals surface area contributed by atoms with E-state index in [1.807, 2.05) is 20.9 Å². The van der Waals surface area contributed by atoms with E-state index in [-0.39, 0.29) is 24.0 Å². The summed E-state index contributed by atoms with van der Waals surface area (Å²) in [6, 6.07) is 0. The lowest BCUT2D eigenvalue weighted by atomic mass is 9.97. The van der Waals surface area contributed by atoms with Crippen molar-refractivity contribution in [1.29, 1.82) is 0 Å². The molecule has 0 aromatic carbocycles. The fourth-order valence-corrected chi connectivity index (χ4v) is 2.85. The van der Waals surface area contributed by atoms with Crippen LogP contribution < -0.4 is 10.6 Å². The Bertz CT molecular complexity index is 490. The lowest BCUT2D eigenvalue weighted by Crippen LogP contribution is -2.42. The van der Waals surface area contributed by atoms with Gasteiger partial charge in [0.2, 0.25) is 5.89 Å². The van der Waals surface area contributed by atoms with Gasteiger partial charge in [0, 0.05) is 20.1 Å². The highest BCUT2D eigenvalue weighted by Gasteiger charge is 2.21. The van der Waals surface area contributed by atoms with Crippen molar-refractivity contribution in [3.8, 4) is 0 Å². The maximum absolute atomic E-state index is 5.69. The van der Waals surface area contributed by atoms with Crippen LogP contribution >= 0.6 is 24.0 Å². The summed E-state index contributed by atoms with van der Waals surface area (Å²) in [5.41, 5.74) is 1.00. The zero-order chi connectivity index (χ0) is 16.7. The summed E-state index contributed by atoms with van der Waals surface area (Å²) < 4.78 is 5.69. The van der Waals surface area contributed by atoms with Crippen LogP contribution in [0.3, 0.4) is 0 Å². The number of guanidine groups is 1. The van der Waals surface area contributed by atoms with Crippen molar-refractivity contribution in [2.24, 2.45) is 10.9 Å². The summed E-state index contributed by atoms with van der Waals surface area (Å²) in [5, 5.41) is 6.75. The number of oxazole rings is 1. The standard InChI is InChI=1S/C17H31N5O.HI/c1-5-8-19-17(18-4)20-11-15-6-9-22(10-7-15)12-16-21-13(2)14(3)23-16;/h15H,5-12H2,1-4H3,(H2,18,19,20);1H. The molecule has 138 valence electrons. The SMILES string of the molecule is CCCNC(=NC)NCC1CCN(Cc2nc(C)c(C)o2)CC1.I. The predicted octanol–water partition coefficient (Wildman–Crippen LogP) is 2.70. The van der Waals surface area contributed by atoms with Crippen molar-refractivity contribution >= 4 is 29.9 Å². The molecule has 0 aliphatic carbocycles. The van der Waals surface area contributed by atoms with Crippen molar-refractivity contribution in [1.82, 2.24) is 20.5 Å². The van der Waals surface area contributed by atoms with Gasteiger partial charge in [0.25, 0.3) is 0 Å². The number of hydrogen-bond acceptors (Lipinski definition) is 4. The minimum absolute atomic E-state index is 0. The molecule has 0 radical (unpaired) electrons. The van der Waals surface area contributed by atoms with Gasteiger partial charge in [-0.25, -0.2) is 4.98 Å². The molecule has 24 heavy (non-hydrogen) atoms. The van der Waals surface area contributed by atoms with Crippen LogP contribution in [0.2, 0.25) is 0 Å². The van der Waals surface area contributed by atoms with E-state index in [1.165, 1.54) is 12.8 Å². The van der Waals surface area contributed by atoms with E-state index in [2.05, 4.69) is 32.4 Å². The number of aromatic nitrogens is 1. The Balaban J connectivity index is 0.00000288. The molecule has 2 heterocycles. The molecule has 7 heteroatoms. The van der Waals surface area contributed by atoms with Crippen LogP contribution in [-0.4, -0.2) is 49.1 Å². The highest BCUT2D eigenvalue weighted by molar-refractivity contribution is 14.0. The smallest absolute Gasteiger partial charge is 0.208 e. The third kappa shape index (κ3) is 6.58. The Morgan fingerprint density at radius 2 is 2.00 bits per heavy atom. The first kappa shape index (κ1) is 21.2. The van der Waals surface area contributed by atoms with E-state index in [4.69, 9.17) is 4.42 Å². The van der Waals surface area contributed by atoms with Gasteiger partial charge >= 0.3 is 0 Å². The number of rotatable bonds is 6. The largest absolute Gasteiger partial charge is 0.444 e. The Morgan fingerprint density at radius 1 is 1.29 bits per heavy atom. The van der Waals surface area contributed by atoms with Crippen LogP contribution in [-0.2, 0) is 6.54 Å². The zero-order valence-corrected chi connectivity index (χ0v) is 17.7. The molecule has 0 amide bonds. The molecular formula is C17H32IN5O. The second kappa shape index (κ2) is 10.9. The van der Waals surface area contributed by atoms with Crippen LogP contribution in [0.15, 0.2) is 9.41 Å². The third-order valence-electron chi connectivity index (χ3n) is 4.46. The highest BCUT2D eigenvalue weighted by atomic mass is 127. The number of aryl methyl sites for hydroxylation is 2. The molecule has 0 bridgehead atoms. The fraction of sp³-hybridized carbons (Fsp3) is 0.765. The molecule has 1 aromatic heterocycles. The molecule has 0 atom stereocenters. The average Bonchev–Trinajstić information content (AvgIpc) is 2.87. The highest BCUT2D eigenvalue weighted by Crippen LogP contribution is 2.19. The average molecular weight is 449 g/mol. The number of halogens is 1. The topological polar surface area (TPSA) is 65.7 Å². The number of hydrogen-bond donors (Lipinski definition) is 2. The maximum Gasteiger partial charge on any atom is 0.208 e. The number of piperidine rings is 1. The Kier molecular flexibility index (Phi) is 9.65. The monoisotopic (exact) mass is 449 g/mol. The molecule has 1 aliphatic rings. The molecule has 1 saturated heterocycles. The second-order valence-corrected chi connectivity index (χ2v) is 6.35. The van der Waals surface area contributed by atoms with Gasteiger partial charge in [-0.05, 0) is 52.1 Å². The van der Waals surface area contributed by atoms with Gasteiger partial charge in [-0.3, -0.25) is 9.89 Å². The quantitative estimate of drug-likeness (QED) is 0.397. The van der Waals surface area contributed by atoms with E-state index in [1.54, 1.807) is 0 Å². The fourth-order valence-electron chi connectivity index (χ4n) is 2.85. The van der Waals surface area contributed by atoms with Crippen molar-refractivity contribution in [2.45, 2.75) is 46.6 Å². The lowest BCUT2D eigenvalue weighted by Gasteiger charge is -2.31. The first-order chi connectivity index (χ1) is 11.1. The summed E-state index contributed by atoms with van der Waals surface area (Å²) in [4.78, 5) is 11.2. The van der Waals surface area contributed by atoms with Crippen LogP contribution in [0, 0.1) is 19.8 Å². The number of nitrogens with one attached hydrogen (secondary N) is 2. The van der Waals surface area contributed by atoms with Gasteiger partial charge < -0.3 is 15.1 Å². The van der Waals surface area contributed by atoms with Gasteiger partial charge in [-0.1, -0.05) is 6.92 Å². The molecule has 2 N–H and O–H groups in total. The van der Waals surface area contributed by atoms with Gasteiger partial charge in [-0.15, -0.1) is 24.0 Å². The molecule has 1 fully saturated rings. The molecule has 6 nitrogen and oxygen atoms in total. The first-order valence-corrected chi connectivity index (χ1v) is 8.72. The lowest BCUT2D eigenvalue weighted by molar-refractivity contribution is 0.164. The van der Waals surface area contributed by atoms with Crippen molar-refractivity contribution in [3.63, 3.8) is 0 Å². The van der Waals surface area contributed by atoms with Crippen LogP contribution in [0.25, 0.3) is 0 Å². The Morgan fingerprint density at radius 3 is 2.54 bits per heavy atom. The summed E-state index contributed by atoms with van der Waals surface area (Å²) in [6.45, 7) is 11.1. The minimum Gasteiger partial charge on any atom is -0.444 e. The molecule has 0 spiro atoms. The molecule has 0 unspecified atom stereocenters. The van der Waals surface area contributed by atoms with E-state index in [9.17, 15) is 0 Å². The van der Waals surface area contributed by atoms with Crippen LogP contribution in [0.4, 0.5) is 0 Å². The van der Waals surface area contributed by atoms with E-state index in [0.29, 0.717) is 5.92 Å². The molecular weight excluding hydrogens is 417 g/mol. The van der Waals surface area contributed by atoms with Gasteiger partial charge in [0.15, 0.2) is 5.96 Å². The van der Waals surface area contributed by atoms with E-state index in [0.717, 1.165) is 62.4 Å². The number of nitrogens with zero attached hydrogens (tertiary/aromatic N) is 3. The Labute approximate surface area is 162 Å². The predicted molar refractivity (Wildman–Crippen MR) is 109 cm³/mol. The van der Waals surface area contributed by atoms with Crippen molar-refractivity contribution in [3.05, 3.63) is 17.3 Å². The van der Waals surface area contributed by atoms with Crippen LogP contribution in [0.1, 0.15) is 43.5 Å². The maximum atomic E-state index is 5.69. The Hall–Kier alpha value is -0.830. The number of likely N-dealkylation sites (tertiary alicyclic amines) is 1. The minimum atomic E-state index is 0. The van der Waals surface area contributed by atoms with Crippen molar-refractivity contribution in [2.75, 3.05) is 33.2 Å². The summed E-state index contributed by atoms with van der Waals surface area (Å²) in [5.74, 6) is 3.41. The summed E-state index contributed by atoms with van der Waals surface area (Å²) >= 11 is 0. The molecule has 1 aromatic rings. The summed E-state index contributed by atoms with van der Waals surface area (Å²) in [6.07, 6.45) is 3.52. The second-order valence-electron chi connectivity index (χ2n) is 6.35. The third-order valence-corrected chi connectivity index (χ3v) is 4.46. The van der Waals surface area contributed by atoms with E-state index < -0.39 is 0 Å². The molecule has 0 saturated carbocycles. The van der Waals surface area contributed by atoms with Crippen LogP contribution in [0.5, 0.6) is 0 Å². The van der Waals surface area contributed by atoms with Crippen molar-refractivity contribution < 1.29 is 4.42 Å². The normalized spacial score (nSPS) is 16.8. The molecule has 2 rings (SSSR count). The zero-order valence-electron chi connectivity index (χ0n) is 15.4. The molecule has 1 aliphatic heterocycles. The van der Waals surface area contributed by atoms with Gasteiger partial charge in [-0.2, -0.15) is 0 Å². The first-order valence-electron chi connectivity index (χ1n) is 8.72. The van der Waals surface area contributed by atoms with Gasteiger partial charge in [0.05, 0.1) is 12.2 Å². The number of aliphatic imine (C=N–C) groups is 1.